The van der Waals surface area contributed by atoms with E-state index < -0.39 is 30.1 Å². The normalized spacial score (nSPS) is 12.0. The number of aliphatic hydroxyl groups is 1. The smallest absolute Gasteiger partial charge is 0.307 e. The second kappa shape index (κ2) is 9.64. The first-order valence-corrected chi connectivity index (χ1v) is 8.84. The highest BCUT2D eigenvalue weighted by Gasteiger charge is 2.20. The van der Waals surface area contributed by atoms with Gasteiger partial charge >= 0.3 is 5.97 Å². The van der Waals surface area contributed by atoms with E-state index in [0.717, 1.165) is 0 Å². The highest BCUT2D eigenvalue weighted by Crippen LogP contribution is 2.24. The van der Waals surface area contributed by atoms with E-state index in [9.17, 15) is 18.7 Å². The summed E-state index contributed by atoms with van der Waals surface area (Å²) >= 11 is 5.91. The molecule has 2 aromatic rings. The minimum atomic E-state index is -1.24. The molecular formula is C19H21ClF2N2O3. The van der Waals surface area contributed by atoms with Crippen molar-refractivity contribution in [1.29, 1.82) is 0 Å². The zero-order valence-electron chi connectivity index (χ0n) is 14.8. The number of hydrogen-bond donors (Lipinski definition) is 3. The van der Waals surface area contributed by atoms with Crippen molar-refractivity contribution in [3.05, 3.63) is 64.2 Å². The molecule has 0 spiro atoms. The summed E-state index contributed by atoms with van der Waals surface area (Å²) in [5.41, 5.74) is 3.22. The maximum absolute atomic E-state index is 14.5. The van der Waals surface area contributed by atoms with Gasteiger partial charge in [0.05, 0.1) is 18.2 Å². The van der Waals surface area contributed by atoms with E-state index in [1.807, 2.05) is 6.92 Å². The molecule has 0 aliphatic carbocycles. The van der Waals surface area contributed by atoms with Crippen molar-refractivity contribution < 1.29 is 23.8 Å². The molecule has 0 fully saturated rings. The maximum Gasteiger partial charge on any atom is 0.307 e. The summed E-state index contributed by atoms with van der Waals surface area (Å²) in [7, 11) is 0. The largest absolute Gasteiger partial charge is 0.481 e. The molecule has 5 nitrogen and oxygen atoms in total. The molecule has 2 rings (SSSR count). The van der Waals surface area contributed by atoms with E-state index in [0.29, 0.717) is 23.6 Å². The lowest BCUT2D eigenvalue weighted by Gasteiger charge is -2.27. The van der Waals surface area contributed by atoms with Gasteiger partial charge in [0.2, 0.25) is 0 Å². The van der Waals surface area contributed by atoms with Gasteiger partial charge in [0.15, 0.2) is 11.6 Å². The van der Waals surface area contributed by atoms with Gasteiger partial charge in [0, 0.05) is 23.7 Å². The van der Waals surface area contributed by atoms with Gasteiger partial charge < -0.3 is 15.2 Å². The van der Waals surface area contributed by atoms with Crippen LogP contribution in [0.1, 0.15) is 30.6 Å². The summed E-state index contributed by atoms with van der Waals surface area (Å²) in [5, 5.41) is 20.9. The Morgan fingerprint density at radius 1 is 1.26 bits per heavy atom. The van der Waals surface area contributed by atoms with Crippen molar-refractivity contribution in [2.24, 2.45) is 0 Å². The minimum absolute atomic E-state index is 0.0538. The van der Waals surface area contributed by atoms with Gasteiger partial charge in [-0.1, -0.05) is 36.7 Å². The molecule has 0 radical (unpaired) electrons. The summed E-state index contributed by atoms with van der Waals surface area (Å²) in [6, 6.07) is 9.30. The summed E-state index contributed by atoms with van der Waals surface area (Å²) in [4.78, 5) is 10.7. The second-order valence-electron chi connectivity index (χ2n) is 6.03. The molecule has 0 aliphatic heterocycles. The van der Waals surface area contributed by atoms with Crippen LogP contribution in [0.4, 0.5) is 14.5 Å². The van der Waals surface area contributed by atoms with Crippen molar-refractivity contribution in [1.82, 2.24) is 5.43 Å². The summed E-state index contributed by atoms with van der Waals surface area (Å²) in [6.07, 6.45) is -0.863. The van der Waals surface area contributed by atoms with E-state index in [2.05, 4.69) is 5.43 Å². The molecular weight excluding hydrogens is 378 g/mol. The van der Waals surface area contributed by atoms with Crippen LogP contribution in [-0.2, 0) is 11.2 Å². The number of hydrazine groups is 1. The molecule has 8 heteroatoms. The number of benzene rings is 2. The molecule has 1 atom stereocenters. The number of aliphatic hydroxyl groups excluding tert-OH is 1. The first-order chi connectivity index (χ1) is 12.8. The molecule has 146 valence electrons. The van der Waals surface area contributed by atoms with Gasteiger partial charge in [-0.05, 0) is 30.2 Å². The van der Waals surface area contributed by atoms with E-state index in [1.165, 1.54) is 17.1 Å². The quantitative estimate of drug-likeness (QED) is 0.562. The van der Waals surface area contributed by atoms with Crippen LogP contribution in [0.5, 0.6) is 0 Å². The number of aliphatic carboxylic acids is 1. The molecule has 0 bridgehead atoms. The molecule has 0 aliphatic rings. The number of carboxylic acids is 1. The molecule has 0 aromatic heterocycles. The molecule has 3 N–H and O–H groups in total. The number of hydrogen-bond acceptors (Lipinski definition) is 4. The van der Waals surface area contributed by atoms with Crippen LogP contribution >= 0.6 is 11.6 Å². The third kappa shape index (κ3) is 5.63. The minimum Gasteiger partial charge on any atom is -0.481 e. The Labute approximate surface area is 161 Å². The third-order valence-corrected chi connectivity index (χ3v) is 4.17. The highest BCUT2D eigenvalue weighted by molar-refractivity contribution is 6.30. The van der Waals surface area contributed by atoms with Crippen molar-refractivity contribution in [2.45, 2.75) is 25.9 Å². The van der Waals surface area contributed by atoms with Crippen LogP contribution in [0.3, 0.4) is 0 Å². The van der Waals surface area contributed by atoms with Crippen LogP contribution in [-0.4, -0.2) is 29.3 Å². The van der Waals surface area contributed by atoms with Gasteiger partial charge in [0.1, 0.15) is 0 Å². The van der Waals surface area contributed by atoms with E-state index in [-0.39, 0.29) is 17.8 Å². The van der Waals surface area contributed by atoms with Crippen LogP contribution in [0.2, 0.25) is 5.02 Å². The first-order valence-electron chi connectivity index (χ1n) is 8.46. The molecule has 0 unspecified atom stereocenters. The summed E-state index contributed by atoms with van der Waals surface area (Å²) < 4.78 is 28.6. The van der Waals surface area contributed by atoms with E-state index in [4.69, 9.17) is 16.7 Å². The lowest BCUT2D eigenvalue weighted by Crippen LogP contribution is -2.41. The predicted octanol–water partition coefficient (Wildman–Crippen LogP) is 3.70. The Kier molecular flexibility index (Phi) is 7.53. The first kappa shape index (κ1) is 21.1. The van der Waals surface area contributed by atoms with Crippen molar-refractivity contribution in [3.63, 3.8) is 0 Å². The fraction of sp³-hybridized carbons (Fsp3) is 0.316. The molecule has 0 amide bonds. The molecule has 0 saturated carbocycles. The molecule has 2 aromatic carbocycles. The molecule has 27 heavy (non-hydrogen) atoms. The fourth-order valence-electron chi connectivity index (χ4n) is 2.62. The van der Waals surface area contributed by atoms with Gasteiger partial charge in [-0.3, -0.25) is 4.79 Å². The topological polar surface area (TPSA) is 72.8 Å². The zero-order valence-corrected chi connectivity index (χ0v) is 15.5. The maximum atomic E-state index is 14.5. The Hall–Kier alpha value is -2.22. The van der Waals surface area contributed by atoms with Crippen LogP contribution < -0.4 is 10.4 Å². The Balaban J connectivity index is 2.17. The van der Waals surface area contributed by atoms with Crippen LogP contribution in [0.25, 0.3) is 0 Å². The Morgan fingerprint density at radius 2 is 2.00 bits per heavy atom. The number of nitrogens with one attached hydrogen (secondary N) is 1. The number of carboxylic acid groups (broad SMARTS) is 1. The van der Waals surface area contributed by atoms with Crippen LogP contribution in [0.15, 0.2) is 36.4 Å². The summed E-state index contributed by atoms with van der Waals surface area (Å²) in [5.74, 6) is -3.56. The van der Waals surface area contributed by atoms with E-state index >= 15 is 0 Å². The Morgan fingerprint density at radius 3 is 2.63 bits per heavy atom. The monoisotopic (exact) mass is 398 g/mol. The van der Waals surface area contributed by atoms with Gasteiger partial charge in [-0.2, -0.15) is 0 Å². The molecule has 0 heterocycles. The van der Waals surface area contributed by atoms with Gasteiger partial charge in [0.25, 0.3) is 0 Å². The lowest BCUT2D eigenvalue weighted by atomic mass is 10.1. The van der Waals surface area contributed by atoms with Gasteiger partial charge in [-0.15, -0.1) is 0 Å². The standard InChI is InChI=1S/C19H21ClF2N2O3/c1-2-8-24(23-11-16(25)12-4-3-5-14(20)9-12)15-7-6-13(10-17(26)27)18(21)19(15)22/h3-7,9,16,23,25H,2,8,10-11H2,1H3,(H,26,27)/t16-/m0/s1. The van der Waals surface area contributed by atoms with E-state index in [1.54, 1.807) is 24.3 Å². The number of anilines is 1. The number of nitrogens with zero attached hydrogens (tertiary/aromatic N) is 1. The predicted molar refractivity (Wildman–Crippen MR) is 99.7 cm³/mol. The van der Waals surface area contributed by atoms with Gasteiger partial charge in [-0.25, -0.2) is 14.2 Å². The van der Waals surface area contributed by atoms with Crippen molar-refractivity contribution in [2.75, 3.05) is 18.1 Å². The lowest BCUT2D eigenvalue weighted by molar-refractivity contribution is -0.136. The Bertz CT molecular complexity index is 805. The fourth-order valence-corrected chi connectivity index (χ4v) is 2.82. The van der Waals surface area contributed by atoms with Crippen molar-refractivity contribution in [3.8, 4) is 0 Å². The summed E-state index contributed by atoms with van der Waals surface area (Å²) in [6.45, 7) is 2.28. The second-order valence-corrected chi connectivity index (χ2v) is 6.46. The molecule has 0 saturated heterocycles. The average Bonchev–Trinajstić information content (AvgIpc) is 2.62. The SMILES string of the molecule is CCCN(NC[C@H](O)c1cccc(Cl)c1)c1ccc(CC(=O)O)c(F)c1F. The number of halogens is 3. The average molecular weight is 399 g/mol. The highest BCUT2D eigenvalue weighted by atomic mass is 35.5. The third-order valence-electron chi connectivity index (χ3n) is 3.93. The number of carbonyl (C=O) groups is 1. The van der Waals surface area contributed by atoms with Crippen molar-refractivity contribution >= 4 is 23.3 Å². The zero-order chi connectivity index (χ0) is 20.0. The number of rotatable bonds is 9. The van der Waals surface area contributed by atoms with Crippen LogP contribution in [0, 0.1) is 11.6 Å².